The van der Waals surface area contributed by atoms with E-state index in [-0.39, 0.29) is 22.9 Å². The second kappa shape index (κ2) is 8.78. The molecule has 0 radical (unpaired) electrons. The molecule has 2 rings (SSSR count). The molecule has 0 aromatic heterocycles. The highest BCUT2D eigenvalue weighted by atomic mass is 32.2. The first-order valence-corrected chi connectivity index (χ1v) is 10.4. The Morgan fingerprint density at radius 1 is 1.36 bits per heavy atom. The van der Waals surface area contributed by atoms with Gasteiger partial charge >= 0.3 is 0 Å². The molecule has 7 heteroatoms. The summed E-state index contributed by atoms with van der Waals surface area (Å²) in [7, 11) is -3.57. The molecule has 1 aliphatic heterocycles. The maximum Gasteiger partial charge on any atom is 0.251 e. The Labute approximate surface area is 151 Å². The number of benzene rings is 1. The van der Waals surface area contributed by atoms with Gasteiger partial charge in [-0.05, 0) is 51.4 Å². The van der Waals surface area contributed by atoms with Gasteiger partial charge in [0.05, 0.1) is 4.90 Å². The second-order valence-corrected chi connectivity index (χ2v) is 8.55. The highest BCUT2D eigenvalue weighted by Gasteiger charge is 2.31. The predicted octanol–water partition coefficient (Wildman–Crippen LogP) is 1.98. The van der Waals surface area contributed by atoms with E-state index in [1.165, 1.54) is 6.07 Å². The van der Waals surface area contributed by atoms with E-state index in [1.54, 1.807) is 22.5 Å². The predicted molar refractivity (Wildman–Crippen MR) is 99.1 cm³/mol. The van der Waals surface area contributed by atoms with Crippen LogP contribution in [0.2, 0.25) is 0 Å². The molecule has 1 heterocycles. The summed E-state index contributed by atoms with van der Waals surface area (Å²) < 4.78 is 27.4. The molecule has 2 N–H and O–H groups in total. The molecule has 1 aromatic carbocycles. The Hall–Kier alpha value is -1.44. The zero-order valence-corrected chi connectivity index (χ0v) is 16.1. The van der Waals surface area contributed by atoms with Gasteiger partial charge in [0.2, 0.25) is 10.0 Å². The van der Waals surface area contributed by atoms with Gasteiger partial charge in [-0.1, -0.05) is 19.4 Å². The smallest absolute Gasteiger partial charge is 0.251 e. The number of carbonyl (C=O) groups is 1. The minimum atomic E-state index is -3.57. The molecule has 0 bridgehead atoms. The van der Waals surface area contributed by atoms with Gasteiger partial charge in [-0.2, -0.15) is 4.31 Å². The van der Waals surface area contributed by atoms with E-state index in [2.05, 4.69) is 10.6 Å². The lowest BCUT2D eigenvalue weighted by Gasteiger charge is -2.32. The van der Waals surface area contributed by atoms with Gasteiger partial charge in [0.25, 0.3) is 5.91 Å². The zero-order valence-electron chi connectivity index (χ0n) is 15.3. The molecule has 1 aromatic rings. The average Bonchev–Trinajstić information content (AvgIpc) is 2.60. The van der Waals surface area contributed by atoms with Crippen LogP contribution >= 0.6 is 0 Å². The number of sulfonamides is 1. The fraction of sp³-hybridized carbons (Fsp3) is 0.611. The van der Waals surface area contributed by atoms with Crippen molar-refractivity contribution in [1.29, 1.82) is 0 Å². The summed E-state index contributed by atoms with van der Waals surface area (Å²) in [6, 6.07) is 6.47. The Balaban J connectivity index is 2.13. The maximum absolute atomic E-state index is 12.9. The van der Waals surface area contributed by atoms with Crippen molar-refractivity contribution in [1.82, 2.24) is 14.9 Å². The van der Waals surface area contributed by atoms with Gasteiger partial charge in [-0.3, -0.25) is 4.79 Å². The second-order valence-electron chi connectivity index (χ2n) is 6.66. The molecule has 1 saturated heterocycles. The number of hydrogen-bond acceptors (Lipinski definition) is 4. The molecule has 0 saturated carbocycles. The summed E-state index contributed by atoms with van der Waals surface area (Å²) in [5.41, 5.74) is 0.370. The quantitative estimate of drug-likeness (QED) is 0.772. The van der Waals surface area contributed by atoms with Gasteiger partial charge in [-0.25, -0.2) is 8.42 Å². The van der Waals surface area contributed by atoms with Crippen LogP contribution in [0.3, 0.4) is 0 Å². The van der Waals surface area contributed by atoms with E-state index in [4.69, 9.17) is 0 Å². The van der Waals surface area contributed by atoms with Crippen LogP contribution in [-0.4, -0.2) is 50.3 Å². The van der Waals surface area contributed by atoms with Gasteiger partial charge in [0.1, 0.15) is 0 Å². The number of rotatable bonds is 7. The summed E-state index contributed by atoms with van der Waals surface area (Å²) in [4.78, 5) is 12.5. The molecule has 1 unspecified atom stereocenters. The lowest BCUT2D eigenvalue weighted by atomic mass is 10.1. The molecule has 0 spiro atoms. The molecule has 0 aliphatic carbocycles. The molecule has 1 fully saturated rings. The summed E-state index contributed by atoms with van der Waals surface area (Å²) in [5, 5.41) is 6.06. The van der Waals surface area contributed by atoms with Gasteiger partial charge in [-0.15, -0.1) is 0 Å². The summed E-state index contributed by atoms with van der Waals surface area (Å²) in [5.74, 6) is -0.256. The van der Waals surface area contributed by atoms with Crippen LogP contribution in [0.4, 0.5) is 0 Å². The number of hydrogen-bond donors (Lipinski definition) is 2. The van der Waals surface area contributed by atoms with Crippen molar-refractivity contribution < 1.29 is 13.2 Å². The third-order valence-electron chi connectivity index (χ3n) is 4.57. The van der Waals surface area contributed by atoms with Crippen molar-refractivity contribution in [2.24, 2.45) is 0 Å². The summed E-state index contributed by atoms with van der Waals surface area (Å²) in [6.45, 7) is 7.80. The van der Waals surface area contributed by atoms with Crippen LogP contribution in [0.25, 0.3) is 0 Å². The fourth-order valence-corrected chi connectivity index (χ4v) is 4.88. The van der Waals surface area contributed by atoms with E-state index < -0.39 is 10.0 Å². The van der Waals surface area contributed by atoms with Crippen molar-refractivity contribution >= 4 is 15.9 Å². The fourth-order valence-electron chi connectivity index (χ4n) is 3.13. The Morgan fingerprint density at radius 3 is 2.80 bits per heavy atom. The van der Waals surface area contributed by atoms with E-state index in [0.29, 0.717) is 18.7 Å². The SMILES string of the molecule is CCN[C@H](C)CNC(=O)c1cccc(S(=O)(=O)N2CCCCC2C)c1. The first kappa shape index (κ1) is 19.9. The molecule has 1 aliphatic rings. The number of piperidine rings is 1. The van der Waals surface area contributed by atoms with Crippen molar-refractivity contribution in [2.45, 2.75) is 57.0 Å². The molecular weight excluding hydrogens is 338 g/mol. The third kappa shape index (κ3) is 5.03. The number of likely N-dealkylation sites (N-methyl/N-ethyl adjacent to an activating group) is 1. The number of amides is 1. The molecule has 2 atom stereocenters. The third-order valence-corrected chi connectivity index (χ3v) is 6.58. The van der Waals surface area contributed by atoms with Crippen LogP contribution in [0.5, 0.6) is 0 Å². The number of carbonyl (C=O) groups excluding carboxylic acids is 1. The normalized spacial score (nSPS) is 20.2. The minimum Gasteiger partial charge on any atom is -0.350 e. The van der Waals surface area contributed by atoms with Crippen LogP contribution in [0.15, 0.2) is 29.2 Å². The number of nitrogens with one attached hydrogen (secondary N) is 2. The van der Waals surface area contributed by atoms with Crippen molar-refractivity contribution in [3.63, 3.8) is 0 Å². The van der Waals surface area contributed by atoms with Gasteiger partial charge < -0.3 is 10.6 Å². The monoisotopic (exact) mass is 367 g/mol. The molecular formula is C18H29N3O3S. The molecule has 1 amide bonds. The summed E-state index contributed by atoms with van der Waals surface area (Å²) >= 11 is 0. The first-order chi connectivity index (χ1) is 11.9. The lowest BCUT2D eigenvalue weighted by molar-refractivity contribution is 0.0950. The topological polar surface area (TPSA) is 78.5 Å². The van der Waals surface area contributed by atoms with E-state index in [1.807, 2.05) is 20.8 Å². The van der Waals surface area contributed by atoms with E-state index >= 15 is 0 Å². The Kier molecular flexibility index (Phi) is 6.98. The van der Waals surface area contributed by atoms with Crippen molar-refractivity contribution in [3.05, 3.63) is 29.8 Å². The highest BCUT2D eigenvalue weighted by molar-refractivity contribution is 7.89. The van der Waals surface area contributed by atoms with Gasteiger partial charge in [0, 0.05) is 30.7 Å². The zero-order chi connectivity index (χ0) is 18.4. The lowest BCUT2D eigenvalue weighted by Crippen LogP contribution is -2.42. The molecule has 6 nitrogen and oxygen atoms in total. The van der Waals surface area contributed by atoms with Crippen molar-refractivity contribution in [2.75, 3.05) is 19.6 Å². The van der Waals surface area contributed by atoms with E-state index in [0.717, 1.165) is 25.8 Å². The first-order valence-electron chi connectivity index (χ1n) is 8.99. The van der Waals surface area contributed by atoms with Gasteiger partial charge in [0.15, 0.2) is 0 Å². The maximum atomic E-state index is 12.9. The Bertz CT molecular complexity index is 691. The molecule has 140 valence electrons. The Morgan fingerprint density at radius 2 is 2.12 bits per heavy atom. The average molecular weight is 368 g/mol. The molecule has 25 heavy (non-hydrogen) atoms. The van der Waals surface area contributed by atoms with Crippen LogP contribution in [0.1, 0.15) is 50.4 Å². The van der Waals surface area contributed by atoms with Crippen LogP contribution in [-0.2, 0) is 10.0 Å². The highest BCUT2D eigenvalue weighted by Crippen LogP contribution is 2.25. The largest absolute Gasteiger partial charge is 0.350 e. The van der Waals surface area contributed by atoms with Crippen LogP contribution in [0, 0.1) is 0 Å². The van der Waals surface area contributed by atoms with Crippen molar-refractivity contribution in [3.8, 4) is 0 Å². The standard InChI is InChI=1S/C18H29N3O3S/c1-4-19-14(2)13-20-18(22)16-9-7-10-17(12-16)25(23,24)21-11-6-5-8-15(21)3/h7,9-10,12,14-15,19H,4-6,8,11,13H2,1-3H3,(H,20,22)/t14-,15?/m1/s1. The summed E-state index contributed by atoms with van der Waals surface area (Å²) in [6.07, 6.45) is 2.81. The number of nitrogens with zero attached hydrogens (tertiary/aromatic N) is 1. The van der Waals surface area contributed by atoms with E-state index in [9.17, 15) is 13.2 Å². The minimum absolute atomic E-state index is 0.00259. The van der Waals surface area contributed by atoms with Crippen LogP contribution < -0.4 is 10.6 Å².